The third-order valence-corrected chi connectivity index (χ3v) is 4.17. The molecule has 0 saturated heterocycles. The van der Waals surface area contributed by atoms with Crippen LogP contribution in [0.25, 0.3) is 0 Å². The number of methoxy groups -OCH3 is 1. The second-order valence-electron chi connectivity index (χ2n) is 4.45. The molecule has 0 fully saturated rings. The van der Waals surface area contributed by atoms with Crippen LogP contribution in [0.2, 0.25) is 0 Å². The number of hydrogen-bond acceptors (Lipinski definition) is 5. The van der Waals surface area contributed by atoms with Gasteiger partial charge in [0.1, 0.15) is 0 Å². The Morgan fingerprint density at radius 2 is 1.70 bits per heavy atom. The van der Waals surface area contributed by atoms with Gasteiger partial charge in [-0.15, -0.1) is 0 Å². The van der Waals surface area contributed by atoms with Crippen molar-refractivity contribution in [1.82, 2.24) is 4.72 Å². The van der Waals surface area contributed by atoms with Crippen LogP contribution in [0.5, 0.6) is 0 Å². The average molecular weight is 334 g/mol. The molecule has 2 rings (SSSR count). The van der Waals surface area contributed by atoms with Crippen molar-refractivity contribution in [2.24, 2.45) is 0 Å². The number of amides is 2. The zero-order valence-corrected chi connectivity index (χ0v) is 13.0. The quantitative estimate of drug-likeness (QED) is 0.833. The molecule has 2 aromatic carbocycles. The van der Waals surface area contributed by atoms with Crippen molar-refractivity contribution in [1.29, 1.82) is 0 Å². The molecule has 0 saturated carbocycles. The summed E-state index contributed by atoms with van der Waals surface area (Å²) in [5, 5.41) is 2.35. The third-order valence-electron chi connectivity index (χ3n) is 2.82. The van der Waals surface area contributed by atoms with Gasteiger partial charge in [0.25, 0.3) is 10.0 Å². The molecule has 2 amide bonds. The highest BCUT2D eigenvalue weighted by atomic mass is 32.2. The molecule has 120 valence electrons. The average Bonchev–Trinajstić information content (AvgIpc) is 2.54. The van der Waals surface area contributed by atoms with Crippen LogP contribution in [0.4, 0.5) is 10.5 Å². The van der Waals surface area contributed by atoms with Gasteiger partial charge in [-0.05, 0) is 30.3 Å². The van der Waals surface area contributed by atoms with E-state index >= 15 is 0 Å². The molecule has 0 atom stereocenters. The highest BCUT2D eigenvalue weighted by Crippen LogP contribution is 2.12. The maximum atomic E-state index is 12.0. The minimum absolute atomic E-state index is 0.0292. The fourth-order valence-electron chi connectivity index (χ4n) is 1.78. The fourth-order valence-corrected chi connectivity index (χ4v) is 2.71. The molecular weight excluding hydrogens is 320 g/mol. The van der Waals surface area contributed by atoms with Crippen molar-refractivity contribution < 1.29 is 22.7 Å². The topological polar surface area (TPSA) is 102 Å². The Bertz CT molecular complexity index is 819. The van der Waals surface area contributed by atoms with Crippen molar-refractivity contribution in [2.45, 2.75) is 4.90 Å². The zero-order chi connectivity index (χ0) is 16.9. The summed E-state index contributed by atoms with van der Waals surface area (Å²) in [5.41, 5.74) is 0.491. The molecule has 7 nitrogen and oxygen atoms in total. The van der Waals surface area contributed by atoms with Gasteiger partial charge in [0, 0.05) is 5.69 Å². The lowest BCUT2D eigenvalue weighted by atomic mass is 10.2. The van der Waals surface area contributed by atoms with Gasteiger partial charge in [0.05, 0.1) is 17.6 Å². The highest BCUT2D eigenvalue weighted by Gasteiger charge is 2.17. The number of ether oxygens (including phenoxy) is 1. The Morgan fingerprint density at radius 1 is 1.00 bits per heavy atom. The number of sulfonamides is 1. The van der Waals surface area contributed by atoms with Crippen LogP contribution in [0, 0.1) is 0 Å². The summed E-state index contributed by atoms with van der Waals surface area (Å²) < 4.78 is 30.5. The van der Waals surface area contributed by atoms with Gasteiger partial charge < -0.3 is 10.1 Å². The molecule has 0 spiro atoms. The van der Waals surface area contributed by atoms with Crippen LogP contribution in [-0.4, -0.2) is 27.5 Å². The first-order valence-electron chi connectivity index (χ1n) is 6.49. The third kappa shape index (κ3) is 4.30. The zero-order valence-electron chi connectivity index (χ0n) is 12.1. The molecule has 0 aromatic heterocycles. The molecule has 0 aliphatic rings. The minimum Gasteiger partial charge on any atom is -0.465 e. The molecule has 2 N–H and O–H groups in total. The van der Waals surface area contributed by atoms with Crippen molar-refractivity contribution in [3.05, 3.63) is 60.2 Å². The van der Waals surface area contributed by atoms with E-state index in [-0.39, 0.29) is 16.1 Å². The Balaban J connectivity index is 2.10. The first kappa shape index (κ1) is 16.5. The van der Waals surface area contributed by atoms with Gasteiger partial charge >= 0.3 is 12.0 Å². The molecule has 0 heterocycles. The van der Waals surface area contributed by atoms with Gasteiger partial charge in [-0.25, -0.2) is 22.7 Å². The summed E-state index contributed by atoms with van der Waals surface area (Å²) in [6.07, 6.45) is 0. The van der Waals surface area contributed by atoms with E-state index in [1.54, 1.807) is 18.2 Å². The van der Waals surface area contributed by atoms with Crippen LogP contribution in [0.15, 0.2) is 59.5 Å². The Labute approximate surface area is 133 Å². The molecule has 23 heavy (non-hydrogen) atoms. The minimum atomic E-state index is -3.96. The summed E-state index contributed by atoms with van der Waals surface area (Å²) in [7, 11) is -2.73. The lowest BCUT2D eigenvalue weighted by Gasteiger charge is -2.09. The van der Waals surface area contributed by atoms with Gasteiger partial charge in [0.2, 0.25) is 0 Å². The predicted molar refractivity (Wildman–Crippen MR) is 83.6 cm³/mol. The van der Waals surface area contributed by atoms with Crippen LogP contribution in [0.1, 0.15) is 10.4 Å². The Hall–Kier alpha value is -2.87. The largest absolute Gasteiger partial charge is 0.465 e. The molecule has 2 aromatic rings. The van der Waals surface area contributed by atoms with Gasteiger partial charge in [0.15, 0.2) is 0 Å². The van der Waals surface area contributed by atoms with Gasteiger partial charge in [-0.2, -0.15) is 0 Å². The molecule has 0 aliphatic carbocycles. The molecule has 0 unspecified atom stereocenters. The van der Waals surface area contributed by atoms with E-state index < -0.39 is 22.0 Å². The number of nitrogens with one attached hydrogen (secondary N) is 2. The molecule has 0 radical (unpaired) electrons. The van der Waals surface area contributed by atoms with Crippen LogP contribution < -0.4 is 10.0 Å². The van der Waals surface area contributed by atoms with E-state index in [9.17, 15) is 18.0 Å². The van der Waals surface area contributed by atoms with E-state index in [1.807, 2.05) is 4.72 Å². The number of carbonyl (C=O) groups excluding carboxylic acids is 2. The first-order chi connectivity index (χ1) is 10.9. The van der Waals surface area contributed by atoms with Crippen molar-refractivity contribution in [3.63, 3.8) is 0 Å². The molecule has 0 aliphatic heterocycles. The second kappa shape index (κ2) is 6.93. The second-order valence-corrected chi connectivity index (χ2v) is 6.13. The predicted octanol–water partition coefficient (Wildman–Crippen LogP) is 1.98. The highest BCUT2D eigenvalue weighted by molar-refractivity contribution is 7.90. The van der Waals surface area contributed by atoms with E-state index in [0.717, 1.165) is 0 Å². The number of esters is 1. The van der Waals surface area contributed by atoms with E-state index in [4.69, 9.17) is 0 Å². The summed E-state index contributed by atoms with van der Waals surface area (Å²) in [4.78, 5) is 23.2. The number of urea groups is 1. The number of rotatable bonds is 4. The summed E-state index contributed by atoms with van der Waals surface area (Å²) in [5.74, 6) is -0.564. The van der Waals surface area contributed by atoms with Crippen molar-refractivity contribution in [2.75, 3.05) is 12.4 Å². The summed E-state index contributed by atoms with van der Waals surface area (Å²) in [6, 6.07) is 12.5. The monoisotopic (exact) mass is 334 g/mol. The Kier molecular flexibility index (Phi) is 4.97. The fraction of sp³-hybridized carbons (Fsp3) is 0.0667. The van der Waals surface area contributed by atoms with E-state index in [2.05, 4.69) is 10.1 Å². The molecule has 0 bridgehead atoms. The van der Waals surface area contributed by atoms with Gasteiger partial charge in [-0.3, -0.25) is 0 Å². The van der Waals surface area contributed by atoms with Crippen LogP contribution >= 0.6 is 0 Å². The maximum Gasteiger partial charge on any atom is 0.337 e. The van der Waals surface area contributed by atoms with Crippen LogP contribution in [-0.2, 0) is 14.8 Å². The summed E-state index contributed by atoms with van der Waals surface area (Å²) >= 11 is 0. The smallest absolute Gasteiger partial charge is 0.337 e. The van der Waals surface area contributed by atoms with Crippen molar-refractivity contribution >= 4 is 27.7 Å². The lowest BCUT2D eigenvalue weighted by Crippen LogP contribution is -2.34. The number of hydrogen-bond donors (Lipinski definition) is 2. The lowest BCUT2D eigenvalue weighted by molar-refractivity contribution is 0.0600. The first-order valence-corrected chi connectivity index (χ1v) is 7.98. The number of anilines is 1. The van der Waals surface area contributed by atoms with Crippen molar-refractivity contribution in [3.8, 4) is 0 Å². The summed E-state index contributed by atoms with van der Waals surface area (Å²) in [6.45, 7) is 0. The number of carbonyl (C=O) groups is 2. The SMILES string of the molecule is COC(=O)c1cccc(NC(=O)NS(=O)(=O)c2ccccc2)c1. The van der Waals surface area contributed by atoms with E-state index in [1.165, 1.54) is 43.5 Å². The van der Waals surface area contributed by atoms with E-state index in [0.29, 0.717) is 0 Å². The normalized spacial score (nSPS) is 10.7. The molecule has 8 heteroatoms. The van der Waals surface area contributed by atoms with Crippen LogP contribution in [0.3, 0.4) is 0 Å². The maximum absolute atomic E-state index is 12.0. The number of benzene rings is 2. The Morgan fingerprint density at radius 3 is 2.35 bits per heavy atom. The standard InChI is InChI=1S/C15H14N2O5S/c1-22-14(18)11-6-5-7-12(10-11)16-15(19)17-23(20,21)13-8-3-2-4-9-13/h2-10H,1H3,(H2,16,17,19). The van der Waals surface area contributed by atoms with Gasteiger partial charge in [-0.1, -0.05) is 24.3 Å². The molecular formula is C15H14N2O5S.